The first-order chi connectivity index (χ1) is 10.7. The summed E-state index contributed by atoms with van der Waals surface area (Å²) in [6, 6.07) is 7.62. The van der Waals surface area contributed by atoms with Crippen molar-refractivity contribution in [2.45, 2.75) is 18.6 Å². The number of amides is 1. The van der Waals surface area contributed by atoms with Crippen LogP contribution >= 0.6 is 0 Å². The van der Waals surface area contributed by atoms with Gasteiger partial charge in [0.25, 0.3) is 5.91 Å². The Balaban J connectivity index is 1.64. The maximum Gasteiger partial charge on any atom is 0.253 e. The minimum absolute atomic E-state index is 0.0227. The molecule has 0 unspecified atom stereocenters. The number of ether oxygens (including phenoxy) is 1. The lowest BCUT2D eigenvalue weighted by atomic mass is 10.1. The van der Waals surface area contributed by atoms with Crippen LogP contribution in [0.25, 0.3) is 0 Å². The number of carbonyl (C=O) groups is 1. The van der Waals surface area contributed by atoms with E-state index < -0.39 is 6.17 Å². The van der Waals surface area contributed by atoms with Crippen LogP contribution in [-0.2, 0) is 4.74 Å². The van der Waals surface area contributed by atoms with Gasteiger partial charge in [0.1, 0.15) is 6.17 Å². The smallest absolute Gasteiger partial charge is 0.253 e. The average molecular weight is 307 g/mol. The predicted octanol–water partition coefficient (Wildman–Crippen LogP) is 0.953. The number of nitrogens with zero attached hydrogens (tertiary/aromatic N) is 1. The van der Waals surface area contributed by atoms with E-state index in [9.17, 15) is 9.18 Å². The van der Waals surface area contributed by atoms with Crippen LogP contribution in [0.3, 0.4) is 0 Å². The third-order valence-electron chi connectivity index (χ3n) is 4.18. The van der Waals surface area contributed by atoms with Gasteiger partial charge in [0.15, 0.2) is 0 Å². The van der Waals surface area contributed by atoms with Crippen molar-refractivity contribution >= 4 is 11.6 Å². The van der Waals surface area contributed by atoms with E-state index in [1.165, 1.54) is 0 Å². The summed E-state index contributed by atoms with van der Waals surface area (Å²) in [6.45, 7) is 3.78. The first-order valence-electron chi connectivity index (χ1n) is 7.81. The molecule has 2 atom stereocenters. The molecule has 2 aliphatic rings. The molecule has 1 aromatic carbocycles. The largest absolute Gasteiger partial charge is 0.378 e. The molecule has 2 saturated heterocycles. The third-order valence-corrected chi connectivity index (χ3v) is 4.18. The molecule has 1 aromatic rings. The molecular weight excluding hydrogens is 285 g/mol. The second-order valence-corrected chi connectivity index (χ2v) is 5.76. The zero-order valence-corrected chi connectivity index (χ0v) is 12.6. The van der Waals surface area contributed by atoms with Gasteiger partial charge < -0.3 is 20.3 Å². The summed E-state index contributed by atoms with van der Waals surface area (Å²) in [5, 5.41) is 5.99. The van der Waals surface area contributed by atoms with Crippen LogP contribution in [0.15, 0.2) is 24.3 Å². The Morgan fingerprint density at radius 3 is 2.86 bits per heavy atom. The number of benzene rings is 1. The van der Waals surface area contributed by atoms with Gasteiger partial charge in [0, 0.05) is 37.9 Å². The summed E-state index contributed by atoms with van der Waals surface area (Å²) < 4.78 is 18.5. The van der Waals surface area contributed by atoms with E-state index in [1.807, 2.05) is 24.3 Å². The maximum absolute atomic E-state index is 13.1. The highest BCUT2D eigenvalue weighted by Gasteiger charge is 2.24. The molecule has 0 aromatic heterocycles. The van der Waals surface area contributed by atoms with Crippen molar-refractivity contribution < 1.29 is 13.9 Å². The molecule has 0 spiro atoms. The fourth-order valence-corrected chi connectivity index (χ4v) is 2.98. The van der Waals surface area contributed by atoms with Crippen molar-refractivity contribution in [3.05, 3.63) is 29.8 Å². The molecular formula is C16H22FN3O2. The molecule has 0 radical (unpaired) electrons. The van der Waals surface area contributed by atoms with Crippen LogP contribution in [0.5, 0.6) is 0 Å². The highest BCUT2D eigenvalue weighted by atomic mass is 19.1. The lowest BCUT2D eigenvalue weighted by Crippen LogP contribution is -2.40. The van der Waals surface area contributed by atoms with Crippen molar-refractivity contribution in [2.24, 2.45) is 0 Å². The Morgan fingerprint density at radius 1 is 1.36 bits per heavy atom. The van der Waals surface area contributed by atoms with Gasteiger partial charge in [-0.1, -0.05) is 12.1 Å². The van der Waals surface area contributed by atoms with Gasteiger partial charge in [-0.05, 0) is 18.6 Å². The Morgan fingerprint density at radius 2 is 2.14 bits per heavy atom. The fraction of sp³-hybridized carbons (Fsp3) is 0.562. The number of hydrogen-bond donors (Lipinski definition) is 2. The van der Waals surface area contributed by atoms with Gasteiger partial charge in [0.05, 0.1) is 18.8 Å². The molecule has 2 fully saturated rings. The summed E-state index contributed by atoms with van der Waals surface area (Å²) in [7, 11) is 0. The van der Waals surface area contributed by atoms with Gasteiger partial charge in [-0.25, -0.2) is 4.39 Å². The Hall–Kier alpha value is -1.66. The summed E-state index contributed by atoms with van der Waals surface area (Å²) in [6.07, 6.45) is -0.340. The molecule has 2 N–H and O–H groups in total. The summed E-state index contributed by atoms with van der Waals surface area (Å²) >= 11 is 0. The third kappa shape index (κ3) is 3.56. The van der Waals surface area contributed by atoms with E-state index in [2.05, 4.69) is 15.5 Å². The van der Waals surface area contributed by atoms with E-state index in [0.29, 0.717) is 38.3 Å². The van der Waals surface area contributed by atoms with Gasteiger partial charge in [-0.2, -0.15) is 0 Å². The topological polar surface area (TPSA) is 53.6 Å². The van der Waals surface area contributed by atoms with Crippen molar-refractivity contribution in [2.75, 3.05) is 44.3 Å². The minimum atomic E-state index is -0.803. The van der Waals surface area contributed by atoms with E-state index >= 15 is 0 Å². The van der Waals surface area contributed by atoms with E-state index in [1.54, 1.807) is 0 Å². The van der Waals surface area contributed by atoms with Crippen LogP contribution in [0.4, 0.5) is 10.1 Å². The van der Waals surface area contributed by atoms with Crippen LogP contribution in [-0.4, -0.2) is 57.5 Å². The number of alkyl halides is 1. The number of anilines is 1. The Kier molecular flexibility index (Phi) is 4.90. The summed E-state index contributed by atoms with van der Waals surface area (Å²) in [5.41, 5.74) is 1.60. The van der Waals surface area contributed by atoms with Crippen LogP contribution < -0.4 is 15.5 Å². The Bertz CT molecular complexity index is 520. The predicted molar refractivity (Wildman–Crippen MR) is 83.1 cm³/mol. The molecule has 0 aliphatic carbocycles. The standard InChI is InChI=1S/C16H22FN3O2/c17-12-9-13(18-10-12)11-19-16(21)14-3-1-2-4-15(14)20-5-7-22-8-6-20/h1-4,12-13,18H,5-11H2,(H,19,21)/t12-,13-/m0/s1. The summed E-state index contributed by atoms with van der Waals surface area (Å²) in [4.78, 5) is 14.6. The number of nitrogens with one attached hydrogen (secondary N) is 2. The van der Waals surface area contributed by atoms with Crippen LogP contribution in [0.1, 0.15) is 16.8 Å². The minimum Gasteiger partial charge on any atom is -0.378 e. The highest BCUT2D eigenvalue weighted by Crippen LogP contribution is 2.21. The number of rotatable bonds is 4. The lowest BCUT2D eigenvalue weighted by molar-refractivity contribution is 0.0948. The van der Waals surface area contributed by atoms with Gasteiger partial charge in [-0.15, -0.1) is 0 Å². The summed E-state index contributed by atoms with van der Waals surface area (Å²) in [5.74, 6) is -0.105. The number of para-hydroxylation sites is 1. The molecule has 2 aliphatic heterocycles. The molecule has 1 amide bonds. The first-order valence-corrected chi connectivity index (χ1v) is 7.81. The average Bonchev–Trinajstić information content (AvgIpc) is 2.99. The van der Waals surface area contributed by atoms with Crippen LogP contribution in [0.2, 0.25) is 0 Å². The molecule has 3 rings (SSSR count). The fourth-order valence-electron chi connectivity index (χ4n) is 2.98. The molecule has 120 valence electrons. The number of hydrogen-bond acceptors (Lipinski definition) is 4. The number of halogens is 1. The lowest BCUT2D eigenvalue weighted by Gasteiger charge is -2.30. The highest BCUT2D eigenvalue weighted by molar-refractivity contribution is 5.99. The normalized spacial score (nSPS) is 25.2. The zero-order valence-electron chi connectivity index (χ0n) is 12.6. The van der Waals surface area contributed by atoms with Crippen molar-refractivity contribution in [1.29, 1.82) is 0 Å². The molecule has 6 heteroatoms. The van der Waals surface area contributed by atoms with Gasteiger partial charge >= 0.3 is 0 Å². The molecule has 0 saturated carbocycles. The monoisotopic (exact) mass is 307 g/mol. The van der Waals surface area contributed by atoms with Crippen LogP contribution in [0, 0.1) is 0 Å². The molecule has 0 bridgehead atoms. The number of morpholine rings is 1. The molecule has 5 nitrogen and oxygen atoms in total. The van der Waals surface area contributed by atoms with Crippen molar-refractivity contribution in [1.82, 2.24) is 10.6 Å². The number of carbonyl (C=O) groups excluding carboxylic acids is 1. The van der Waals surface area contributed by atoms with Gasteiger partial charge in [0.2, 0.25) is 0 Å². The molecule has 2 heterocycles. The quantitative estimate of drug-likeness (QED) is 0.870. The zero-order chi connectivity index (χ0) is 15.4. The molecule has 22 heavy (non-hydrogen) atoms. The second-order valence-electron chi connectivity index (χ2n) is 5.76. The van der Waals surface area contributed by atoms with E-state index in [4.69, 9.17) is 4.74 Å². The van der Waals surface area contributed by atoms with E-state index in [0.717, 1.165) is 18.8 Å². The Labute approximate surface area is 129 Å². The van der Waals surface area contributed by atoms with Crippen molar-refractivity contribution in [3.8, 4) is 0 Å². The first kappa shape index (κ1) is 15.2. The second kappa shape index (κ2) is 7.07. The SMILES string of the molecule is O=C(NC[C@@H]1C[C@H](F)CN1)c1ccccc1N1CCOCC1. The maximum atomic E-state index is 13.1. The van der Waals surface area contributed by atoms with Gasteiger partial charge in [-0.3, -0.25) is 4.79 Å². The van der Waals surface area contributed by atoms with E-state index in [-0.39, 0.29) is 11.9 Å². The van der Waals surface area contributed by atoms with Crippen molar-refractivity contribution in [3.63, 3.8) is 0 Å².